The van der Waals surface area contributed by atoms with Gasteiger partial charge in [0, 0.05) is 25.2 Å². The number of nitrogens with one attached hydrogen (secondary N) is 1. The molecule has 1 aliphatic heterocycles. The molecule has 1 aromatic rings. The van der Waals surface area contributed by atoms with E-state index in [0.29, 0.717) is 6.54 Å². The fourth-order valence-electron chi connectivity index (χ4n) is 2.73. The van der Waals surface area contributed by atoms with Gasteiger partial charge in [-0.2, -0.15) is 0 Å². The Morgan fingerprint density at radius 1 is 1.52 bits per heavy atom. The van der Waals surface area contributed by atoms with Crippen LogP contribution in [-0.2, 0) is 0 Å². The molecule has 0 spiro atoms. The third kappa shape index (κ3) is 3.39. The van der Waals surface area contributed by atoms with Gasteiger partial charge < -0.3 is 10.2 Å². The van der Waals surface area contributed by atoms with E-state index in [1.807, 2.05) is 13.8 Å². The number of carbonyl (C=O) groups excluding carboxylic acids is 1. The second kappa shape index (κ2) is 6.67. The summed E-state index contributed by atoms with van der Waals surface area (Å²) in [5, 5.41) is 14.4. The third-order valence-electron chi connectivity index (χ3n) is 3.78. The van der Waals surface area contributed by atoms with Crippen LogP contribution in [0.3, 0.4) is 0 Å². The smallest absolute Gasteiger partial charge is 0.282 e. The minimum absolute atomic E-state index is 0.113. The zero-order chi connectivity index (χ0) is 15.4. The maximum Gasteiger partial charge on any atom is 0.282 e. The summed E-state index contributed by atoms with van der Waals surface area (Å²) in [4.78, 5) is 25.3. The Balaban J connectivity index is 2.35. The number of carbonyl (C=O) groups is 1. The van der Waals surface area contributed by atoms with Crippen LogP contribution in [0.4, 0.5) is 5.69 Å². The number of nitrogens with zero attached hydrogens (tertiary/aromatic N) is 2. The molecule has 6 heteroatoms. The number of aryl methyl sites for hydroxylation is 1. The molecular formula is C15H21N3O3. The first kappa shape index (κ1) is 15.4. The van der Waals surface area contributed by atoms with Crippen molar-refractivity contribution in [2.24, 2.45) is 0 Å². The lowest BCUT2D eigenvalue weighted by Crippen LogP contribution is -2.42. The zero-order valence-electron chi connectivity index (χ0n) is 12.5. The van der Waals surface area contributed by atoms with E-state index in [9.17, 15) is 14.9 Å². The van der Waals surface area contributed by atoms with Crippen LogP contribution in [0.5, 0.6) is 0 Å². The average molecular weight is 291 g/mol. The van der Waals surface area contributed by atoms with Crippen LogP contribution in [0.2, 0.25) is 0 Å². The number of hydrogen-bond donors (Lipinski definition) is 1. The predicted octanol–water partition coefficient (Wildman–Crippen LogP) is 2.12. The molecular weight excluding hydrogens is 270 g/mol. The van der Waals surface area contributed by atoms with E-state index in [0.717, 1.165) is 31.5 Å². The van der Waals surface area contributed by atoms with Crippen LogP contribution in [0.15, 0.2) is 18.2 Å². The van der Waals surface area contributed by atoms with E-state index >= 15 is 0 Å². The highest BCUT2D eigenvalue weighted by Crippen LogP contribution is 2.23. The van der Waals surface area contributed by atoms with Crippen LogP contribution in [-0.4, -0.2) is 41.4 Å². The van der Waals surface area contributed by atoms with Crippen molar-refractivity contribution in [1.29, 1.82) is 0 Å². The Labute approximate surface area is 124 Å². The van der Waals surface area contributed by atoms with E-state index < -0.39 is 4.92 Å². The van der Waals surface area contributed by atoms with Gasteiger partial charge in [0.2, 0.25) is 0 Å². The molecule has 6 nitrogen and oxygen atoms in total. The van der Waals surface area contributed by atoms with Crippen molar-refractivity contribution in [1.82, 2.24) is 10.2 Å². The largest absolute Gasteiger partial charge is 0.334 e. The van der Waals surface area contributed by atoms with Gasteiger partial charge in [-0.25, -0.2) is 0 Å². The molecule has 0 radical (unpaired) electrons. The van der Waals surface area contributed by atoms with Gasteiger partial charge in [0.1, 0.15) is 5.56 Å². The summed E-state index contributed by atoms with van der Waals surface area (Å²) >= 11 is 0. The molecule has 1 heterocycles. The summed E-state index contributed by atoms with van der Waals surface area (Å²) in [6.45, 7) is 6.10. The van der Waals surface area contributed by atoms with Crippen molar-refractivity contribution >= 4 is 11.6 Å². The van der Waals surface area contributed by atoms with Gasteiger partial charge in [0.05, 0.1) is 4.92 Å². The van der Waals surface area contributed by atoms with Crippen LogP contribution in [0, 0.1) is 17.0 Å². The maximum atomic E-state index is 12.8. The fourth-order valence-corrected chi connectivity index (χ4v) is 2.73. The van der Waals surface area contributed by atoms with Crippen molar-refractivity contribution in [2.45, 2.75) is 32.7 Å². The van der Waals surface area contributed by atoms with Crippen LogP contribution < -0.4 is 5.32 Å². The molecule has 1 aliphatic rings. The molecule has 1 amide bonds. The monoisotopic (exact) mass is 291 g/mol. The molecule has 0 aromatic heterocycles. The van der Waals surface area contributed by atoms with E-state index in [2.05, 4.69) is 5.32 Å². The highest BCUT2D eigenvalue weighted by molar-refractivity contribution is 5.98. The maximum absolute atomic E-state index is 12.8. The topological polar surface area (TPSA) is 75.5 Å². The first-order valence-electron chi connectivity index (χ1n) is 7.31. The molecule has 1 fully saturated rings. The molecule has 2 rings (SSSR count). The minimum atomic E-state index is -0.482. The Kier molecular flexibility index (Phi) is 4.90. The molecule has 0 aliphatic carbocycles. The van der Waals surface area contributed by atoms with Crippen LogP contribution in [0.1, 0.15) is 35.7 Å². The Morgan fingerprint density at radius 2 is 2.29 bits per heavy atom. The average Bonchev–Trinajstić information content (AvgIpc) is 2.97. The Morgan fingerprint density at radius 3 is 2.86 bits per heavy atom. The number of amides is 1. The lowest BCUT2D eigenvalue weighted by molar-refractivity contribution is -0.385. The molecule has 114 valence electrons. The summed E-state index contributed by atoms with van der Waals surface area (Å²) < 4.78 is 0. The van der Waals surface area contributed by atoms with E-state index in [-0.39, 0.29) is 23.2 Å². The molecule has 1 atom stereocenters. The van der Waals surface area contributed by atoms with E-state index in [4.69, 9.17) is 0 Å². The van der Waals surface area contributed by atoms with Gasteiger partial charge in [-0.3, -0.25) is 14.9 Å². The fraction of sp³-hybridized carbons (Fsp3) is 0.533. The second-order valence-corrected chi connectivity index (χ2v) is 5.42. The highest BCUT2D eigenvalue weighted by atomic mass is 16.6. The first-order valence-corrected chi connectivity index (χ1v) is 7.31. The number of benzene rings is 1. The lowest BCUT2D eigenvalue weighted by atomic mass is 10.1. The van der Waals surface area contributed by atoms with Crippen LogP contribution >= 0.6 is 0 Å². The second-order valence-electron chi connectivity index (χ2n) is 5.42. The molecule has 0 bridgehead atoms. The summed E-state index contributed by atoms with van der Waals surface area (Å²) in [5.74, 6) is -0.235. The van der Waals surface area contributed by atoms with Gasteiger partial charge in [-0.1, -0.05) is 13.0 Å². The van der Waals surface area contributed by atoms with Crippen molar-refractivity contribution in [3.8, 4) is 0 Å². The molecule has 1 aromatic carbocycles. The first-order chi connectivity index (χ1) is 10.0. The molecule has 1 N–H and O–H groups in total. The molecule has 0 saturated carbocycles. The summed E-state index contributed by atoms with van der Waals surface area (Å²) in [6.07, 6.45) is 1.73. The van der Waals surface area contributed by atoms with Gasteiger partial charge in [0.25, 0.3) is 11.6 Å². The summed E-state index contributed by atoms with van der Waals surface area (Å²) in [5.41, 5.74) is 0.933. The quantitative estimate of drug-likeness (QED) is 0.666. The van der Waals surface area contributed by atoms with E-state index in [1.165, 1.54) is 6.07 Å². The predicted molar refractivity (Wildman–Crippen MR) is 80.4 cm³/mol. The summed E-state index contributed by atoms with van der Waals surface area (Å²) in [6, 6.07) is 4.82. The molecule has 1 unspecified atom stereocenters. The summed E-state index contributed by atoms with van der Waals surface area (Å²) in [7, 11) is 0. The van der Waals surface area contributed by atoms with Crippen molar-refractivity contribution < 1.29 is 9.72 Å². The normalized spacial score (nSPS) is 17.7. The Hall–Kier alpha value is -1.95. The Bertz CT molecular complexity index is 539. The van der Waals surface area contributed by atoms with Gasteiger partial charge in [0.15, 0.2) is 0 Å². The van der Waals surface area contributed by atoms with Crippen molar-refractivity contribution in [2.75, 3.05) is 19.6 Å². The lowest BCUT2D eigenvalue weighted by Gasteiger charge is -2.28. The van der Waals surface area contributed by atoms with Crippen molar-refractivity contribution in [3.05, 3.63) is 39.4 Å². The van der Waals surface area contributed by atoms with E-state index in [1.54, 1.807) is 17.0 Å². The number of rotatable bonds is 5. The minimum Gasteiger partial charge on any atom is -0.334 e. The molecule has 21 heavy (non-hydrogen) atoms. The van der Waals surface area contributed by atoms with Gasteiger partial charge in [-0.15, -0.1) is 0 Å². The zero-order valence-corrected chi connectivity index (χ0v) is 12.5. The number of nitro benzene ring substituents is 1. The number of nitro groups is 1. The van der Waals surface area contributed by atoms with Crippen LogP contribution in [0.25, 0.3) is 0 Å². The highest BCUT2D eigenvalue weighted by Gasteiger charge is 2.30. The standard InChI is InChI=1S/C15H21N3O3/c1-3-8-17(12-6-7-16-10-12)15(19)13-9-11(2)4-5-14(13)18(20)21/h4-5,9,12,16H,3,6-8,10H2,1-2H3. The third-order valence-corrected chi connectivity index (χ3v) is 3.78. The van der Waals surface area contributed by atoms with Gasteiger partial charge in [-0.05, 0) is 37.9 Å². The molecule has 1 saturated heterocycles. The number of hydrogen-bond acceptors (Lipinski definition) is 4. The van der Waals surface area contributed by atoms with Gasteiger partial charge >= 0.3 is 0 Å². The SMILES string of the molecule is CCCN(C(=O)c1cc(C)ccc1[N+](=O)[O-])C1CCNC1. The van der Waals surface area contributed by atoms with Crippen molar-refractivity contribution in [3.63, 3.8) is 0 Å².